The fourth-order valence-corrected chi connectivity index (χ4v) is 8.72. The molecule has 252 valence electrons. The van der Waals surface area contributed by atoms with E-state index in [4.69, 9.17) is 4.74 Å². The van der Waals surface area contributed by atoms with Crippen molar-refractivity contribution in [1.82, 2.24) is 19.8 Å². The molecule has 5 aromatic rings. The van der Waals surface area contributed by atoms with Gasteiger partial charge in [-0.15, -0.1) is 0 Å². The number of anilines is 1. The highest BCUT2D eigenvalue weighted by Gasteiger charge is 2.50. The van der Waals surface area contributed by atoms with Crippen LogP contribution in [0.3, 0.4) is 0 Å². The normalized spacial score (nSPS) is 20.1. The highest BCUT2D eigenvalue weighted by Crippen LogP contribution is 2.53. The van der Waals surface area contributed by atoms with Gasteiger partial charge in [0.1, 0.15) is 17.1 Å². The third-order valence-electron chi connectivity index (χ3n) is 11.5. The fourth-order valence-electron chi connectivity index (χ4n) is 8.72. The first kappa shape index (κ1) is 31.8. The summed E-state index contributed by atoms with van der Waals surface area (Å²) in [7, 11) is 0. The van der Waals surface area contributed by atoms with Crippen molar-refractivity contribution in [3.8, 4) is 11.5 Å². The van der Waals surface area contributed by atoms with Crippen LogP contribution in [0.15, 0.2) is 97.3 Å². The molecule has 3 aliphatic rings. The Bertz CT molecular complexity index is 1900. The summed E-state index contributed by atoms with van der Waals surface area (Å²) < 4.78 is 6.23. The van der Waals surface area contributed by atoms with Crippen LogP contribution in [0.1, 0.15) is 78.5 Å². The van der Waals surface area contributed by atoms with Gasteiger partial charge in [0.25, 0.3) is 0 Å². The Kier molecular flexibility index (Phi) is 8.72. The number of piperazine rings is 1. The van der Waals surface area contributed by atoms with Crippen molar-refractivity contribution in [2.24, 2.45) is 5.41 Å². The van der Waals surface area contributed by atoms with Gasteiger partial charge in [-0.3, -0.25) is 14.6 Å². The fraction of sp³-hybridized carbons (Fsp3) is 0.381. The van der Waals surface area contributed by atoms with E-state index in [1.165, 1.54) is 42.4 Å². The van der Waals surface area contributed by atoms with Crippen LogP contribution in [-0.2, 0) is 6.54 Å². The Morgan fingerprint density at radius 2 is 1.73 bits per heavy atom. The molecule has 0 radical (unpaired) electrons. The standard InChI is InChI=1S/C42H47N5O2/c1-30(2)37-10-6-7-11-38(37)39-28-45(27-31-8-4-3-5-9-31)20-21-47(39)35-24-42(25-35)15-18-46(19-16-42)34-13-12-33(29-48)40(23-34)49-36-22-32-14-17-43-41(32)44-26-36/h3-14,17,22-23,26,29-30,35,39H,15-16,18-21,24-25,27-28H2,1-2H3,(H,43,44). The average Bonchev–Trinajstić information content (AvgIpc) is 3.59. The number of nitrogens with one attached hydrogen (secondary N) is 1. The minimum atomic E-state index is 0.418. The Labute approximate surface area is 289 Å². The Balaban J connectivity index is 0.942. The lowest BCUT2D eigenvalue weighted by Gasteiger charge is -2.58. The number of fused-ring (bicyclic) bond motifs is 1. The summed E-state index contributed by atoms with van der Waals surface area (Å²) >= 11 is 0. The molecule has 2 aliphatic heterocycles. The first-order chi connectivity index (χ1) is 24.0. The molecule has 2 aromatic heterocycles. The van der Waals surface area contributed by atoms with Gasteiger partial charge in [-0.05, 0) is 78.0 Å². The first-order valence-electron chi connectivity index (χ1n) is 18.0. The molecule has 1 N–H and O–H groups in total. The number of pyridine rings is 1. The van der Waals surface area contributed by atoms with Crippen LogP contribution in [0.25, 0.3) is 11.0 Å². The number of carbonyl (C=O) groups excluding carboxylic acids is 1. The second-order valence-electron chi connectivity index (χ2n) is 14.8. The molecular formula is C42H47N5O2. The van der Waals surface area contributed by atoms with Crippen molar-refractivity contribution in [3.63, 3.8) is 0 Å². The summed E-state index contributed by atoms with van der Waals surface area (Å²) in [5, 5.41) is 0.978. The number of hydrogen-bond acceptors (Lipinski definition) is 6. The van der Waals surface area contributed by atoms with Gasteiger partial charge in [-0.1, -0.05) is 68.4 Å². The summed E-state index contributed by atoms with van der Waals surface area (Å²) in [5.74, 6) is 1.71. The lowest BCUT2D eigenvalue weighted by molar-refractivity contribution is -0.0628. The van der Waals surface area contributed by atoms with E-state index in [1.807, 2.05) is 30.5 Å². The number of aromatic amines is 1. The van der Waals surface area contributed by atoms with Crippen molar-refractivity contribution in [2.45, 2.75) is 64.1 Å². The number of carbonyl (C=O) groups is 1. The van der Waals surface area contributed by atoms with E-state index >= 15 is 0 Å². The first-order valence-corrected chi connectivity index (χ1v) is 18.0. The van der Waals surface area contributed by atoms with Gasteiger partial charge >= 0.3 is 0 Å². The van der Waals surface area contributed by atoms with E-state index < -0.39 is 0 Å². The van der Waals surface area contributed by atoms with Gasteiger partial charge in [0, 0.05) is 74.7 Å². The van der Waals surface area contributed by atoms with Crippen LogP contribution in [0.4, 0.5) is 5.69 Å². The summed E-state index contributed by atoms with van der Waals surface area (Å²) in [4.78, 5) is 27.5. The van der Waals surface area contributed by atoms with Crippen molar-refractivity contribution < 1.29 is 9.53 Å². The summed E-state index contributed by atoms with van der Waals surface area (Å²) in [6, 6.07) is 31.1. The molecule has 1 saturated carbocycles. The van der Waals surface area contributed by atoms with E-state index in [0.29, 0.717) is 40.5 Å². The van der Waals surface area contributed by atoms with Crippen molar-refractivity contribution in [2.75, 3.05) is 37.6 Å². The van der Waals surface area contributed by atoms with E-state index in [9.17, 15) is 4.79 Å². The topological polar surface area (TPSA) is 64.7 Å². The third-order valence-corrected chi connectivity index (χ3v) is 11.5. The SMILES string of the molecule is CC(C)c1ccccc1C1CN(Cc2ccccc2)CCN1C1CC2(CCN(c3ccc(C=O)c(Oc4cnc5[nH]ccc5c4)c3)CC2)C1. The number of piperidine rings is 1. The molecule has 0 amide bonds. The van der Waals surface area contributed by atoms with Gasteiger partial charge in [0.15, 0.2) is 6.29 Å². The van der Waals surface area contributed by atoms with Crippen LogP contribution in [0, 0.1) is 5.41 Å². The number of aldehydes is 1. The Hall–Kier alpha value is -4.46. The molecular weight excluding hydrogens is 606 g/mol. The second-order valence-corrected chi connectivity index (χ2v) is 14.8. The van der Waals surface area contributed by atoms with Crippen molar-refractivity contribution in [3.05, 3.63) is 120 Å². The van der Waals surface area contributed by atoms with Crippen LogP contribution < -0.4 is 9.64 Å². The van der Waals surface area contributed by atoms with Gasteiger partial charge < -0.3 is 14.6 Å². The maximum Gasteiger partial charge on any atom is 0.153 e. The zero-order valence-electron chi connectivity index (χ0n) is 28.7. The quantitative estimate of drug-likeness (QED) is 0.161. The summed E-state index contributed by atoms with van der Waals surface area (Å²) in [6.07, 6.45) is 9.40. The highest BCUT2D eigenvalue weighted by molar-refractivity contribution is 5.81. The van der Waals surface area contributed by atoms with E-state index in [0.717, 1.165) is 62.3 Å². The summed E-state index contributed by atoms with van der Waals surface area (Å²) in [6.45, 7) is 11.0. The highest BCUT2D eigenvalue weighted by atomic mass is 16.5. The van der Waals surface area contributed by atoms with Crippen LogP contribution in [0.2, 0.25) is 0 Å². The van der Waals surface area contributed by atoms with Crippen LogP contribution in [-0.4, -0.2) is 64.8 Å². The molecule has 49 heavy (non-hydrogen) atoms. The van der Waals surface area contributed by atoms with Gasteiger partial charge in [-0.25, -0.2) is 4.98 Å². The number of nitrogens with zero attached hydrogens (tertiary/aromatic N) is 4. The minimum absolute atomic E-state index is 0.418. The lowest BCUT2D eigenvalue weighted by atomic mass is 9.59. The van der Waals surface area contributed by atoms with Crippen LogP contribution >= 0.6 is 0 Å². The number of hydrogen-bond donors (Lipinski definition) is 1. The predicted octanol–water partition coefficient (Wildman–Crippen LogP) is 8.60. The lowest BCUT2D eigenvalue weighted by Crippen LogP contribution is -2.60. The molecule has 4 heterocycles. The molecule has 1 atom stereocenters. The maximum absolute atomic E-state index is 11.9. The number of aromatic nitrogens is 2. The monoisotopic (exact) mass is 653 g/mol. The van der Waals surface area contributed by atoms with Gasteiger partial charge in [-0.2, -0.15) is 0 Å². The minimum Gasteiger partial charge on any atom is -0.455 e. The van der Waals surface area contributed by atoms with Crippen molar-refractivity contribution in [1.29, 1.82) is 0 Å². The molecule has 3 aromatic carbocycles. The Morgan fingerprint density at radius 1 is 0.939 bits per heavy atom. The van der Waals surface area contributed by atoms with Gasteiger partial charge in [0.05, 0.1) is 11.8 Å². The largest absolute Gasteiger partial charge is 0.455 e. The van der Waals surface area contributed by atoms with Crippen molar-refractivity contribution >= 4 is 23.0 Å². The zero-order chi connectivity index (χ0) is 33.4. The number of benzene rings is 3. The average molecular weight is 654 g/mol. The molecule has 1 aliphatic carbocycles. The molecule has 2 saturated heterocycles. The molecule has 1 unspecified atom stereocenters. The second kappa shape index (κ2) is 13.4. The number of H-pyrrole nitrogens is 1. The molecule has 1 spiro atoms. The summed E-state index contributed by atoms with van der Waals surface area (Å²) in [5.41, 5.74) is 7.31. The smallest absolute Gasteiger partial charge is 0.153 e. The van der Waals surface area contributed by atoms with E-state index in [-0.39, 0.29) is 0 Å². The third kappa shape index (κ3) is 6.50. The van der Waals surface area contributed by atoms with Crippen LogP contribution in [0.5, 0.6) is 11.5 Å². The zero-order valence-corrected chi connectivity index (χ0v) is 28.7. The number of ether oxygens (including phenoxy) is 1. The number of rotatable bonds is 9. The van der Waals surface area contributed by atoms with E-state index in [1.54, 1.807) is 6.20 Å². The van der Waals surface area contributed by atoms with Gasteiger partial charge in [0.2, 0.25) is 0 Å². The van der Waals surface area contributed by atoms with E-state index in [2.05, 4.69) is 99.2 Å². The molecule has 7 nitrogen and oxygen atoms in total. The maximum atomic E-state index is 11.9. The Morgan fingerprint density at radius 3 is 2.53 bits per heavy atom. The molecule has 7 heteroatoms. The predicted molar refractivity (Wildman–Crippen MR) is 197 cm³/mol. The molecule has 0 bridgehead atoms. The molecule has 8 rings (SSSR count). The molecule has 3 fully saturated rings.